The number of benzene rings is 1. The molecular formula is C29H40N2O2. The van der Waals surface area contributed by atoms with Crippen molar-refractivity contribution in [3.05, 3.63) is 48.0 Å². The number of carbonyl (C=O) groups is 2. The van der Waals surface area contributed by atoms with Gasteiger partial charge in [-0.2, -0.15) is 0 Å². The minimum Gasteiger partial charge on any atom is -0.349 e. The maximum Gasteiger partial charge on any atom is 0.243 e. The van der Waals surface area contributed by atoms with Gasteiger partial charge in [0.15, 0.2) is 0 Å². The average molecular weight is 449 g/mol. The van der Waals surface area contributed by atoms with Crippen molar-refractivity contribution in [1.29, 1.82) is 0 Å². The van der Waals surface area contributed by atoms with E-state index >= 15 is 0 Å². The summed E-state index contributed by atoms with van der Waals surface area (Å²) in [5, 5.41) is 3.25. The summed E-state index contributed by atoms with van der Waals surface area (Å²) in [6.45, 7) is 9.80. The quantitative estimate of drug-likeness (QED) is 0.676. The fourth-order valence-electron chi connectivity index (χ4n) is 8.23. The summed E-state index contributed by atoms with van der Waals surface area (Å²) in [6.07, 6.45) is 10.7. The number of nitrogens with one attached hydrogen (secondary N) is 1. The molecule has 1 aromatic carbocycles. The molecule has 33 heavy (non-hydrogen) atoms. The molecule has 5 rings (SSSR count). The average Bonchev–Trinajstić information content (AvgIpc) is 3.15. The molecule has 0 unspecified atom stereocenters. The van der Waals surface area contributed by atoms with Gasteiger partial charge < -0.3 is 10.2 Å². The Morgan fingerprint density at radius 3 is 2.55 bits per heavy atom. The summed E-state index contributed by atoms with van der Waals surface area (Å²) < 4.78 is 0. The van der Waals surface area contributed by atoms with Gasteiger partial charge in [-0.25, -0.2) is 0 Å². The highest BCUT2D eigenvalue weighted by atomic mass is 16.2. The number of rotatable bonds is 4. The first kappa shape index (κ1) is 22.7. The Balaban J connectivity index is 1.38. The fraction of sp³-hybridized carbons (Fsp3) is 0.655. The summed E-state index contributed by atoms with van der Waals surface area (Å²) in [7, 11) is 0. The van der Waals surface area contributed by atoms with Crippen molar-refractivity contribution in [3.8, 4) is 0 Å². The Hall–Kier alpha value is -2.10. The summed E-state index contributed by atoms with van der Waals surface area (Å²) >= 11 is 0. The van der Waals surface area contributed by atoms with Gasteiger partial charge in [-0.1, -0.05) is 50.3 Å². The second-order valence-electron chi connectivity index (χ2n) is 11.9. The topological polar surface area (TPSA) is 49.4 Å². The summed E-state index contributed by atoms with van der Waals surface area (Å²) in [5.41, 5.74) is 1.35. The van der Waals surface area contributed by atoms with E-state index in [4.69, 9.17) is 0 Å². The van der Waals surface area contributed by atoms with Gasteiger partial charge in [0, 0.05) is 30.0 Å². The molecule has 3 aliphatic carbocycles. The molecule has 0 bridgehead atoms. The van der Waals surface area contributed by atoms with Gasteiger partial charge in [-0.15, -0.1) is 0 Å². The van der Waals surface area contributed by atoms with Crippen LogP contribution in [0.1, 0.15) is 71.8 Å². The molecule has 2 amide bonds. The highest BCUT2D eigenvalue weighted by molar-refractivity contribution is 5.89. The Labute approximate surface area is 199 Å². The van der Waals surface area contributed by atoms with E-state index in [0.717, 1.165) is 25.7 Å². The number of carbonyl (C=O) groups excluding carboxylic acids is 2. The van der Waals surface area contributed by atoms with Gasteiger partial charge >= 0.3 is 0 Å². The normalized spacial score (nSPS) is 39.4. The number of fused-ring (bicyclic) bond motifs is 5. The van der Waals surface area contributed by atoms with Crippen LogP contribution in [0.3, 0.4) is 0 Å². The van der Waals surface area contributed by atoms with Crippen LogP contribution < -0.4 is 5.32 Å². The molecule has 0 spiro atoms. The number of hydrogen-bond acceptors (Lipinski definition) is 2. The molecule has 1 aromatic rings. The summed E-state index contributed by atoms with van der Waals surface area (Å²) in [5.74, 6) is 2.42. The van der Waals surface area contributed by atoms with Crippen LogP contribution in [-0.4, -0.2) is 28.8 Å². The molecule has 0 aromatic heterocycles. The molecule has 3 fully saturated rings. The van der Waals surface area contributed by atoms with Gasteiger partial charge in [-0.3, -0.25) is 9.59 Å². The minimum atomic E-state index is 0.0531. The molecule has 1 aliphatic heterocycles. The number of nitrogens with zero attached hydrogens (tertiary/aromatic N) is 1. The lowest BCUT2D eigenvalue weighted by molar-refractivity contribution is -0.146. The third-order valence-electron chi connectivity index (χ3n) is 10.1. The lowest BCUT2D eigenvalue weighted by Gasteiger charge is -2.58. The zero-order chi connectivity index (χ0) is 23.4. The third-order valence-corrected chi connectivity index (χ3v) is 10.1. The molecule has 4 nitrogen and oxygen atoms in total. The van der Waals surface area contributed by atoms with Gasteiger partial charge in [0.2, 0.25) is 11.8 Å². The first-order chi connectivity index (χ1) is 15.7. The van der Waals surface area contributed by atoms with E-state index in [1.165, 1.54) is 18.4 Å². The smallest absolute Gasteiger partial charge is 0.243 e. The highest BCUT2D eigenvalue weighted by Crippen LogP contribution is 2.65. The zero-order valence-electron chi connectivity index (χ0n) is 20.7. The SMILES string of the molecule is CC(C)N(Cc1ccccc1)C(=O)[C@H]1CC[C@H]2[C@@H]3CC[C@H]4NC(=O)C=C[C@]4(C)[C@H]3CC[C@]12C. The molecule has 1 heterocycles. The minimum absolute atomic E-state index is 0.0531. The second-order valence-corrected chi connectivity index (χ2v) is 11.9. The van der Waals surface area contributed by atoms with Crippen LogP contribution in [0.15, 0.2) is 42.5 Å². The van der Waals surface area contributed by atoms with Gasteiger partial charge in [-0.05, 0) is 87.2 Å². The first-order valence-electron chi connectivity index (χ1n) is 13.1. The highest BCUT2D eigenvalue weighted by Gasteiger charge is 2.61. The van der Waals surface area contributed by atoms with E-state index in [-0.39, 0.29) is 34.7 Å². The van der Waals surface area contributed by atoms with Crippen LogP contribution in [-0.2, 0) is 16.1 Å². The van der Waals surface area contributed by atoms with E-state index in [1.54, 1.807) is 6.08 Å². The maximum absolute atomic E-state index is 14.0. The first-order valence-corrected chi connectivity index (χ1v) is 13.1. The van der Waals surface area contributed by atoms with Crippen molar-refractivity contribution in [2.75, 3.05) is 0 Å². The second kappa shape index (κ2) is 8.29. The van der Waals surface area contributed by atoms with Crippen molar-refractivity contribution in [1.82, 2.24) is 10.2 Å². The monoisotopic (exact) mass is 448 g/mol. The van der Waals surface area contributed by atoms with E-state index in [0.29, 0.717) is 30.2 Å². The molecule has 0 radical (unpaired) electrons. The van der Waals surface area contributed by atoms with Gasteiger partial charge in [0.1, 0.15) is 0 Å². The van der Waals surface area contributed by atoms with Crippen LogP contribution in [0, 0.1) is 34.5 Å². The van der Waals surface area contributed by atoms with E-state index in [9.17, 15) is 9.59 Å². The lowest BCUT2D eigenvalue weighted by Crippen LogP contribution is -2.59. The van der Waals surface area contributed by atoms with Crippen molar-refractivity contribution in [3.63, 3.8) is 0 Å². The van der Waals surface area contributed by atoms with Crippen LogP contribution >= 0.6 is 0 Å². The standard InChI is InChI=1S/C29H40N2O2/c1-19(2)31(18-20-8-6-5-7-9-20)27(33)24-12-11-22-21-10-13-25-29(4,17-15-26(32)30-25)23(21)14-16-28(22,24)3/h5-9,15,17,19,21-25H,10-14,16,18H2,1-4H3,(H,30,32)/t21-,22-,23-,24+,25+,28-,29+/m0/s1. The van der Waals surface area contributed by atoms with Crippen LogP contribution in [0.25, 0.3) is 0 Å². The van der Waals surface area contributed by atoms with E-state index in [1.807, 2.05) is 6.07 Å². The predicted molar refractivity (Wildman–Crippen MR) is 131 cm³/mol. The van der Waals surface area contributed by atoms with Crippen molar-refractivity contribution < 1.29 is 9.59 Å². The lowest BCUT2D eigenvalue weighted by atomic mass is 9.48. The van der Waals surface area contributed by atoms with Crippen molar-refractivity contribution in [2.24, 2.45) is 34.5 Å². The number of amides is 2. The Bertz CT molecular complexity index is 940. The van der Waals surface area contributed by atoms with E-state index < -0.39 is 0 Å². The fourth-order valence-corrected chi connectivity index (χ4v) is 8.23. The van der Waals surface area contributed by atoms with E-state index in [2.05, 4.69) is 68.3 Å². The van der Waals surface area contributed by atoms with Crippen molar-refractivity contribution >= 4 is 11.8 Å². The third kappa shape index (κ3) is 3.65. The molecule has 4 aliphatic rings. The number of hydrogen-bond donors (Lipinski definition) is 1. The summed E-state index contributed by atoms with van der Waals surface area (Å²) in [6, 6.07) is 10.9. The van der Waals surface area contributed by atoms with Crippen LogP contribution in [0.4, 0.5) is 0 Å². The Morgan fingerprint density at radius 1 is 1.06 bits per heavy atom. The Kier molecular flexibility index (Phi) is 5.69. The largest absolute Gasteiger partial charge is 0.349 e. The van der Waals surface area contributed by atoms with Gasteiger partial charge in [0.25, 0.3) is 0 Å². The molecule has 1 N–H and O–H groups in total. The van der Waals surface area contributed by atoms with Crippen molar-refractivity contribution in [2.45, 2.75) is 84.8 Å². The molecule has 7 atom stereocenters. The summed E-state index contributed by atoms with van der Waals surface area (Å²) in [4.78, 5) is 28.1. The maximum atomic E-state index is 14.0. The molecular weight excluding hydrogens is 408 g/mol. The predicted octanol–water partition coefficient (Wildman–Crippen LogP) is 5.34. The molecule has 3 saturated carbocycles. The zero-order valence-corrected chi connectivity index (χ0v) is 20.7. The van der Waals surface area contributed by atoms with Crippen LogP contribution in [0.5, 0.6) is 0 Å². The molecule has 4 heteroatoms. The molecule has 0 saturated heterocycles. The molecule has 178 valence electrons. The Morgan fingerprint density at radius 2 is 1.82 bits per heavy atom. The van der Waals surface area contributed by atoms with Crippen LogP contribution in [0.2, 0.25) is 0 Å². The van der Waals surface area contributed by atoms with Gasteiger partial charge in [0.05, 0.1) is 0 Å².